The molecule has 0 radical (unpaired) electrons. The first-order chi connectivity index (χ1) is 10.2. The number of aromatic nitrogens is 2. The Morgan fingerprint density at radius 2 is 2.00 bits per heavy atom. The Hall–Kier alpha value is -1.61. The Bertz CT molecular complexity index is 572. The van der Waals surface area contributed by atoms with Crippen LogP contribution in [0, 0.1) is 12.8 Å². The molecular weight excluding hydrogens is 258 g/mol. The van der Waals surface area contributed by atoms with E-state index in [9.17, 15) is 0 Å². The lowest BCUT2D eigenvalue weighted by Gasteiger charge is -2.16. The lowest BCUT2D eigenvalue weighted by molar-refractivity contribution is 0.499. The molecule has 0 aliphatic rings. The van der Waals surface area contributed by atoms with Gasteiger partial charge in [-0.2, -0.15) is 5.10 Å². The maximum absolute atomic E-state index is 6.01. The van der Waals surface area contributed by atoms with E-state index in [4.69, 9.17) is 5.73 Å². The zero-order chi connectivity index (χ0) is 15.2. The molecule has 1 aromatic heterocycles. The highest BCUT2D eigenvalue weighted by molar-refractivity contribution is 5.23. The Labute approximate surface area is 128 Å². The van der Waals surface area contributed by atoms with E-state index in [1.54, 1.807) is 0 Å². The van der Waals surface area contributed by atoms with Gasteiger partial charge >= 0.3 is 0 Å². The topological polar surface area (TPSA) is 43.8 Å². The summed E-state index contributed by atoms with van der Waals surface area (Å²) >= 11 is 0. The van der Waals surface area contributed by atoms with Gasteiger partial charge in [0.15, 0.2) is 0 Å². The minimum atomic E-state index is 0.471. The quantitative estimate of drug-likeness (QED) is 0.849. The highest BCUT2D eigenvalue weighted by Gasteiger charge is 2.13. The molecule has 114 valence electrons. The third-order valence-electron chi connectivity index (χ3n) is 4.01. The van der Waals surface area contributed by atoms with Crippen molar-refractivity contribution in [2.75, 3.05) is 6.54 Å². The van der Waals surface area contributed by atoms with Gasteiger partial charge in [-0.15, -0.1) is 0 Å². The fourth-order valence-electron chi connectivity index (χ4n) is 2.83. The van der Waals surface area contributed by atoms with Crippen molar-refractivity contribution in [2.45, 2.75) is 46.6 Å². The van der Waals surface area contributed by atoms with Crippen molar-refractivity contribution in [3.8, 4) is 0 Å². The molecule has 1 aromatic carbocycles. The average molecular weight is 285 g/mol. The molecule has 0 aliphatic carbocycles. The van der Waals surface area contributed by atoms with Gasteiger partial charge in [-0.25, -0.2) is 0 Å². The number of aryl methyl sites for hydroxylation is 3. The van der Waals surface area contributed by atoms with Gasteiger partial charge in [0.1, 0.15) is 0 Å². The van der Waals surface area contributed by atoms with Crippen molar-refractivity contribution >= 4 is 0 Å². The van der Waals surface area contributed by atoms with E-state index in [2.05, 4.69) is 60.9 Å². The Morgan fingerprint density at radius 1 is 1.19 bits per heavy atom. The maximum Gasteiger partial charge on any atom is 0.0624 e. The summed E-state index contributed by atoms with van der Waals surface area (Å²) in [5, 5.41) is 4.63. The minimum Gasteiger partial charge on any atom is -0.330 e. The van der Waals surface area contributed by atoms with Crippen LogP contribution in [0.25, 0.3) is 0 Å². The molecule has 0 amide bonds. The highest BCUT2D eigenvalue weighted by atomic mass is 15.3. The van der Waals surface area contributed by atoms with Crippen molar-refractivity contribution in [1.82, 2.24) is 9.78 Å². The number of nitrogens with two attached hydrogens (primary N) is 1. The van der Waals surface area contributed by atoms with Crippen LogP contribution >= 0.6 is 0 Å². The normalized spacial score (nSPS) is 12.6. The zero-order valence-corrected chi connectivity index (χ0v) is 13.5. The molecule has 3 heteroatoms. The first kappa shape index (κ1) is 15.8. The first-order valence-electron chi connectivity index (χ1n) is 7.97. The van der Waals surface area contributed by atoms with Gasteiger partial charge in [0.2, 0.25) is 0 Å². The van der Waals surface area contributed by atoms with E-state index >= 15 is 0 Å². The summed E-state index contributed by atoms with van der Waals surface area (Å²) in [6, 6.07) is 11.0. The lowest BCUT2D eigenvalue weighted by Crippen LogP contribution is -2.21. The van der Waals surface area contributed by atoms with E-state index in [-0.39, 0.29) is 0 Å². The second-order valence-electron chi connectivity index (χ2n) is 5.80. The van der Waals surface area contributed by atoms with Gasteiger partial charge in [0.25, 0.3) is 0 Å². The molecule has 2 aromatic rings. The van der Waals surface area contributed by atoms with Crippen LogP contribution in [-0.4, -0.2) is 16.3 Å². The van der Waals surface area contributed by atoms with Gasteiger partial charge in [-0.3, -0.25) is 4.68 Å². The van der Waals surface area contributed by atoms with Gasteiger partial charge < -0.3 is 5.73 Å². The van der Waals surface area contributed by atoms with E-state index < -0.39 is 0 Å². The molecule has 1 unspecified atom stereocenters. The second kappa shape index (κ2) is 7.41. The van der Waals surface area contributed by atoms with Crippen molar-refractivity contribution in [3.63, 3.8) is 0 Å². The molecule has 0 bridgehead atoms. The van der Waals surface area contributed by atoms with E-state index in [1.165, 1.54) is 22.5 Å². The van der Waals surface area contributed by atoms with Crippen molar-refractivity contribution in [3.05, 3.63) is 52.8 Å². The van der Waals surface area contributed by atoms with E-state index in [0.29, 0.717) is 12.5 Å². The predicted molar refractivity (Wildman–Crippen MR) is 88.4 cm³/mol. The standard InChI is InChI=1S/C18H27N3/c1-4-17-12-18(21(5-2)20-17)11-16(13-19)10-15-8-6-7-14(3)9-15/h6-9,12,16H,4-5,10-11,13,19H2,1-3H3. The third-order valence-corrected chi connectivity index (χ3v) is 4.01. The van der Waals surface area contributed by atoms with Crippen molar-refractivity contribution < 1.29 is 0 Å². The van der Waals surface area contributed by atoms with Crippen LogP contribution in [0.15, 0.2) is 30.3 Å². The van der Waals surface area contributed by atoms with Crippen LogP contribution in [0.4, 0.5) is 0 Å². The average Bonchev–Trinajstić information content (AvgIpc) is 2.88. The second-order valence-corrected chi connectivity index (χ2v) is 5.80. The van der Waals surface area contributed by atoms with E-state index in [0.717, 1.165) is 25.8 Å². The molecule has 21 heavy (non-hydrogen) atoms. The molecule has 2 N–H and O–H groups in total. The summed E-state index contributed by atoms with van der Waals surface area (Å²) in [4.78, 5) is 0. The van der Waals surface area contributed by atoms with Gasteiger partial charge in [-0.05, 0) is 57.2 Å². The van der Waals surface area contributed by atoms with Crippen molar-refractivity contribution in [2.24, 2.45) is 11.7 Å². The smallest absolute Gasteiger partial charge is 0.0624 e. The number of benzene rings is 1. The van der Waals surface area contributed by atoms with E-state index in [1.807, 2.05) is 0 Å². The molecule has 0 saturated heterocycles. The van der Waals surface area contributed by atoms with Gasteiger partial charge in [0.05, 0.1) is 5.69 Å². The molecule has 0 aliphatic heterocycles. The Morgan fingerprint density at radius 3 is 2.62 bits per heavy atom. The fourth-order valence-corrected chi connectivity index (χ4v) is 2.83. The Balaban J connectivity index is 2.10. The molecule has 0 saturated carbocycles. The number of rotatable bonds is 7. The molecule has 2 rings (SSSR count). The van der Waals surface area contributed by atoms with Crippen LogP contribution in [0.3, 0.4) is 0 Å². The maximum atomic E-state index is 6.01. The zero-order valence-electron chi connectivity index (χ0n) is 13.5. The largest absolute Gasteiger partial charge is 0.330 e. The van der Waals surface area contributed by atoms with Crippen molar-refractivity contribution in [1.29, 1.82) is 0 Å². The summed E-state index contributed by atoms with van der Waals surface area (Å²) < 4.78 is 2.12. The summed E-state index contributed by atoms with van der Waals surface area (Å²) in [5.74, 6) is 0.471. The van der Waals surface area contributed by atoms with Gasteiger partial charge in [-0.1, -0.05) is 36.8 Å². The predicted octanol–water partition coefficient (Wildman–Crippen LogP) is 3.13. The molecule has 0 spiro atoms. The monoisotopic (exact) mass is 285 g/mol. The number of hydrogen-bond acceptors (Lipinski definition) is 2. The number of hydrogen-bond donors (Lipinski definition) is 1. The number of nitrogens with zero attached hydrogens (tertiary/aromatic N) is 2. The molecule has 0 fully saturated rings. The molecular formula is C18H27N3. The SMILES string of the molecule is CCc1cc(CC(CN)Cc2cccc(C)c2)n(CC)n1. The van der Waals surface area contributed by atoms with Gasteiger partial charge in [0, 0.05) is 12.2 Å². The minimum absolute atomic E-state index is 0.471. The summed E-state index contributed by atoms with van der Waals surface area (Å²) in [6.07, 6.45) is 3.03. The lowest BCUT2D eigenvalue weighted by atomic mass is 9.94. The summed E-state index contributed by atoms with van der Waals surface area (Å²) in [7, 11) is 0. The Kier molecular flexibility index (Phi) is 5.57. The molecule has 1 atom stereocenters. The molecule has 3 nitrogen and oxygen atoms in total. The third kappa shape index (κ3) is 4.18. The summed E-state index contributed by atoms with van der Waals surface area (Å²) in [5.41, 5.74) is 11.2. The summed E-state index contributed by atoms with van der Waals surface area (Å²) in [6.45, 7) is 8.08. The highest BCUT2D eigenvalue weighted by Crippen LogP contribution is 2.16. The molecule has 1 heterocycles. The van der Waals surface area contributed by atoms with Crippen LogP contribution < -0.4 is 5.73 Å². The first-order valence-corrected chi connectivity index (χ1v) is 7.97. The van der Waals surface area contributed by atoms with Crippen LogP contribution in [0.1, 0.15) is 36.4 Å². The fraction of sp³-hybridized carbons (Fsp3) is 0.500. The van der Waals surface area contributed by atoms with Crippen LogP contribution in [-0.2, 0) is 25.8 Å². The van der Waals surface area contributed by atoms with Crippen LogP contribution in [0.5, 0.6) is 0 Å². The van der Waals surface area contributed by atoms with Crippen LogP contribution in [0.2, 0.25) is 0 Å².